The summed E-state index contributed by atoms with van der Waals surface area (Å²) in [6, 6.07) is 3.59. The molecule has 0 atom stereocenters. The average molecular weight is 252 g/mol. The Morgan fingerprint density at radius 3 is 2.28 bits per heavy atom. The van der Waals surface area contributed by atoms with Gasteiger partial charge < -0.3 is 20.4 Å². The molecular weight excluding hydrogens is 236 g/mol. The Morgan fingerprint density at radius 1 is 1.22 bits per heavy atom. The predicted octanol–water partition coefficient (Wildman–Crippen LogP) is 0.306. The van der Waals surface area contributed by atoms with Gasteiger partial charge in [0.25, 0.3) is 5.91 Å². The second-order valence-electron chi connectivity index (χ2n) is 3.85. The Hall–Kier alpha value is -2.24. The Balaban J connectivity index is 2.77. The number of amides is 2. The van der Waals surface area contributed by atoms with Crippen LogP contribution in [-0.4, -0.2) is 47.1 Å². The zero-order chi connectivity index (χ0) is 13.7. The van der Waals surface area contributed by atoms with Crippen molar-refractivity contribution < 1.29 is 19.8 Å². The van der Waals surface area contributed by atoms with E-state index in [1.807, 2.05) is 0 Å². The molecule has 0 radical (unpaired) electrons. The number of phenolic OH excluding ortho intramolecular Hbond substituents is 2. The summed E-state index contributed by atoms with van der Waals surface area (Å²) in [5, 5.41) is 21.1. The van der Waals surface area contributed by atoms with Crippen LogP contribution >= 0.6 is 0 Å². The first kappa shape index (κ1) is 13.8. The second kappa shape index (κ2) is 5.90. The Bertz CT molecular complexity index is 439. The zero-order valence-electron chi connectivity index (χ0n) is 10.3. The van der Waals surface area contributed by atoms with Crippen molar-refractivity contribution in [3.05, 3.63) is 23.8 Å². The normalized spacial score (nSPS) is 9.89. The summed E-state index contributed by atoms with van der Waals surface area (Å²) in [5.74, 6) is -1.13. The fourth-order valence-electron chi connectivity index (χ4n) is 1.48. The number of likely N-dealkylation sites (N-methyl/N-ethyl adjacent to an activating group) is 2. The summed E-state index contributed by atoms with van der Waals surface area (Å²) in [5.41, 5.74) is 0.124. The fourth-order valence-corrected chi connectivity index (χ4v) is 1.48. The number of hydrogen-bond donors (Lipinski definition) is 3. The highest BCUT2D eigenvalue weighted by molar-refractivity contribution is 5.97. The van der Waals surface area contributed by atoms with Gasteiger partial charge in [0.15, 0.2) is 0 Å². The van der Waals surface area contributed by atoms with E-state index in [1.54, 1.807) is 6.92 Å². The molecule has 0 saturated heterocycles. The van der Waals surface area contributed by atoms with Gasteiger partial charge in [0.05, 0.1) is 6.54 Å². The summed E-state index contributed by atoms with van der Waals surface area (Å²) in [6.45, 7) is 2.20. The van der Waals surface area contributed by atoms with Crippen LogP contribution in [-0.2, 0) is 4.79 Å². The molecule has 0 saturated carbocycles. The van der Waals surface area contributed by atoms with E-state index in [9.17, 15) is 19.8 Å². The van der Waals surface area contributed by atoms with Gasteiger partial charge in [-0.15, -0.1) is 0 Å². The van der Waals surface area contributed by atoms with E-state index < -0.39 is 5.91 Å². The van der Waals surface area contributed by atoms with Crippen LogP contribution in [0.15, 0.2) is 18.2 Å². The molecule has 3 N–H and O–H groups in total. The Morgan fingerprint density at radius 2 is 1.78 bits per heavy atom. The standard InChI is InChI=1S/C12H16N2O4/c1-3-13-11(17)7-14(2)12(18)8-4-9(15)6-10(16)5-8/h4-6,15-16H,3,7H2,1-2H3,(H,13,17). The molecule has 0 aliphatic rings. The number of carbonyl (C=O) groups is 2. The summed E-state index contributed by atoms with van der Waals surface area (Å²) >= 11 is 0. The summed E-state index contributed by atoms with van der Waals surface area (Å²) in [7, 11) is 1.47. The molecule has 18 heavy (non-hydrogen) atoms. The fraction of sp³-hybridized carbons (Fsp3) is 0.333. The number of rotatable bonds is 4. The van der Waals surface area contributed by atoms with Crippen LogP contribution in [0.3, 0.4) is 0 Å². The maximum absolute atomic E-state index is 11.9. The van der Waals surface area contributed by atoms with Gasteiger partial charge in [-0.3, -0.25) is 9.59 Å². The first-order valence-corrected chi connectivity index (χ1v) is 5.49. The number of phenols is 2. The van der Waals surface area contributed by atoms with Crippen molar-refractivity contribution in [2.24, 2.45) is 0 Å². The third-order valence-corrected chi connectivity index (χ3v) is 2.25. The van der Waals surface area contributed by atoms with Crippen LogP contribution in [0, 0.1) is 0 Å². The lowest BCUT2D eigenvalue weighted by molar-refractivity contribution is -0.121. The smallest absolute Gasteiger partial charge is 0.254 e. The minimum atomic E-state index is -0.451. The van der Waals surface area contributed by atoms with Crippen molar-refractivity contribution in [2.75, 3.05) is 20.1 Å². The second-order valence-corrected chi connectivity index (χ2v) is 3.85. The lowest BCUT2D eigenvalue weighted by atomic mass is 10.2. The number of hydrogen-bond acceptors (Lipinski definition) is 4. The highest BCUT2D eigenvalue weighted by Gasteiger charge is 2.15. The number of carbonyl (C=O) groups excluding carboxylic acids is 2. The molecule has 0 aliphatic heterocycles. The third-order valence-electron chi connectivity index (χ3n) is 2.25. The van der Waals surface area contributed by atoms with Gasteiger partial charge in [0, 0.05) is 25.2 Å². The van der Waals surface area contributed by atoms with E-state index in [1.165, 1.54) is 24.1 Å². The van der Waals surface area contributed by atoms with Crippen LogP contribution in [0.4, 0.5) is 0 Å². The van der Waals surface area contributed by atoms with Crippen molar-refractivity contribution in [1.29, 1.82) is 0 Å². The Labute approximate surface area is 105 Å². The van der Waals surface area contributed by atoms with Gasteiger partial charge in [-0.05, 0) is 19.1 Å². The number of nitrogens with zero attached hydrogens (tertiary/aromatic N) is 1. The first-order chi connectivity index (χ1) is 8.43. The monoisotopic (exact) mass is 252 g/mol. The molecule has 6 nitrogen and oxygen atoms in total. The van der Waals surface area contributed by atoms with Gasteiger partial charge >= 0.3 is 0 Å². The van der Waals surface area contributed by atoms with Gasteiger partial charge in [0.2, 0.25) is 5.91 Å². The van der Waals surface area contributed by atoms with E-state index in [4.69, 9.17) is 0 Å². The zero-order valence-corrected chi connectivity index (χ0v) is 10.3. The van der Waals surface area contributed by atoms with Crippen molar-refractivity contribution in [3.8, 4) is 11.5 Å². The summed E-state index contributed by atoms with van der Waals surface area (Å²) in [4.78, 5) is 24.4. The molecule has 0 bridgehead atoms. The number of benzene rings is 1. The van der Waals surface area contributed by atoms with Crippen molar-refractivity contribution in [1.82, 2.24) is 10.2 Å². The maximum atomic E-state index is 11.9. The SMILES string of the molecule is CCNC(=O)CN(C)C(=O)c1cc(O)cc(O)c1. The van der Waals surface area contributed by atoms with Crippen LogP contribution in [0.5, 0.6) is 11.5 Å². The molecule has 1 rings (SSSR count). The molecule has 1 aromatic carbocycles. The molecule has 0 heterocycles. The van der Waals surface area contributed by atoms with E-state index in [-0.39, 0.29) is 29.5 Å². The van der Waals surface area contributed by atoms with Crippen molar-refractivity contribution >= 4 is 11.8 Å². The topological polar surface area (TPSA) is 89.9 Å². The Kier molecular flexibility index (Phi) is 4.53. The van der Waals surface area contributed by atoms with Crippen molar-refractivity contribution in [3.63, 3.8) is 0 Å². The minimum absolute atomic E-state index is 0.0803. The van der Waals surface area contributed by atoms with E-state index in [2.05, 4.69) is 5.32 Å². The maximum Gasteiger partial charge on any atom is 0.254 e. The molecule has 0 aliphatic carbocycles. The van der Waals surface area contributed by atoms with Crippen LogP contribution in [0.25, 0.3) is 0 Å². The average Bonchev–Trinajstić information content (AvgIpc) is 2.26. The van der Waals surface area contributed by atoms with E-state index >= 15 is 0 Å². The number of nitrogens with one attached hydrogen (secondary N) is 1. The molecule has 0 unspecified atom stereocenters. The van der Waals surface area contributed by atoms with Crippen LogP contribution < -0.4 is 5.32 Å². The number of aromatic hydroxyl groups is 2. The minimum Gasteiger partial charge on any atom is -0.508 e. The van der Waals surface area contributed by atoms with E-state index in [0.29, 0.717) is 6.54 Å². The molecule has 0 spiro atoms. The summed E-state index contributed by atoms with van der Waals surface area (Å²) < 4.78 is 0. The van der Waals surface area contributed by atoms with E-state index in [0.717, 1.165) is 6.07 Å². The lowest BCUT2D eigenvalue weighted by Gasteiger charge is -2.16. The molecule has 6 heteroatoms. The van der Waals surface area contributed by atoms with Gasteiger partial charge in [0.1, 0.15) is 11.5 Å². The quantitative estimate of drug-likeness (QED) is 0.719. The molecule has 2 amide bonds. The highest BCUT2D eigenvalue weighted by atomic mass is 16.3. The third kappa shape index (κ3) is 3.65. The molecule has 1 aromatic rings. The lowest BCUT2D eigenvalue weighted by Crippen LogP contribution is -2.38. The molecule has 98 valence electrons. The first-order valence-electron chi connectivity index (χ1n) is 5.49. The van der Waals surface area contributed by atoms with Gasteiger partial charge in [-0.25, -0.2) is 0 Å². The predicted molar refractivity (Wildman–Crippen MR) is 65.4 cm³/mol. The van der Waals surface area contributed by atoms with Crippen LogP contribution in [0.1, 0.15) is 17.3 Å². The van der Waals surface area contributed by atoms with Crippen LogP contribution in [0.2, 0.25) is 0 Å². The van der Waals surface area contributed by atoms with Gasteiger partial charge in [-0.1, -0.05) is 0 Å². The van der Waals surface area contributed by atoms with Gasteiger partial charge in [-0.2, -0.15) is 0 Å². The highest BCUT2D eigenvalue weighted by Crippen LogP contribution is 2.21. The molecule has 0 fully saturated rings. The van der Waals surface area contributed by atoms with Crippen molar-refractivity contribution in [2.45, 2.75) is 6.92 Å². The summed E-state index contributed by atoms with van der Waals surface area (Å²) in [6.07, 6.45) is 0. The molecular formula is C12H16N2O4. The largest absolute Gasteiger partial charge is 0.508 e. The molecule has 0 aromatic heterocycles.